The molecule has 1 fully saturated rings. The number of hydrogen-bond acceptors (Lipinski definition) is 3. The lowest BCUT2D eigenvalue weighted by molar-refractivity contribution is 0.0331. The van der Waals surface area contributed by atoms with Crippen LogP contribution < -0.4 is 0 Å². The van der Waals surface area contributed by atoms with Crippen LogP contribution >= 0.6 is 0 Å². The van der Waals surface area contributed by atoms with Gasteiger partial charge in [0.25, 0.3) is 0 Å². The van der Waals surface area contributed by atoms with Crippen molar-refractivity contribution in [2.45, 2.75) is 56.7 Å². The van der Waals surface area contributed by atoms with Gasteiger partial charge in [0.05, 0.1) is 25.3 Å². The monoisotopic (exact) mass is 357 g/mol. The molecule has 0 saturated heterocycles. The highest BCUT2D eigenvalue weighted by Gasteiger charge is 2.44. The summed E-state index contributed by atoms with van der Waals surface area (Å²) in [7, 11) is 1.44. The van der Waals surface area contributed by atoms with E-state index in [1.807, 2.05) is 47.4 Å². The molecule has 1 saturated carbocycles. The van der Waals surface area contributed by atoms with Gasteiger partial charge in [-0.05, 0) is 31.2 Å². The first-order valence-electron chi connectivity index (χ1n) is 9.39. The lowest BCUT2D eigenvalue weighted by Crippen LogP contribution is -2.54. The number of hydrogen-bond donors (Lipinski definition) is 0. The predicted molar refractivity (Wildman–Crippen MR) is 105 cm³/mol. The maximum absolute atomic E-state index is 12.6. The Morgan fingerprint density at radius 3 is 2.54 bits per heavy atom. The fourth-order valence-electron chi connectivity index (χ4n) is 3.95. The van der Waals surface area contributed by atoms with E-state index in [4.69, 9.17) is 9.47 Å². The Bertz CT molecular complexity index is 578. The Hall–Kier alpha value is -2.07. The van der Waals surface area contributed by atoms with Crippen molar-refractivity contribution in [2.24, 2.45) is 0 Å². The van der Waals surface area contributed by atoms with E-state index in [1.165, 1.54) is 7.11 Å². The average molecular weight is 357 g/mol. The molecule has 0 bridgehead atoms. The second-order valence-corrected chi connectivity index (χ2v) is 6.89. The van der Waals surface area contributed by atoms with Crippen molar-refractivity contribution in [3.8, 4) is 0 Å². The van der Waals surface area contributed by atoms with Gasteiger partial charge in [0, 0.05) is 6.61 Å². The van der Waals surface area contributed by atoms with E-state index in [-0.39, 0.29) is 17.7 Å². The molecule has 4 nitrogen and oxygen atoms in total. The van der Waals surface area contributed by atoms with Crippen molar-refractivity contribution >= 4 is 6.09 Å². The lowest BCUT2D eigenvalue weighted by Gasteiger charge is -2.44. The van der Waals surface area contributed by atoms with Gasteiger partial charge < -0.3 is 9.47 Å². The Morgan fingerprint density at radius 1 is 1.27 bits per heavy atom. The van der Waals surface area contributed by atoms with Gasteiger partial charge in [0.15, 0.2) is 0 Å². The van der Waals surface area contributed by atoms with Gasteiger partial charge in [-0.2, -0.15) is 0 Å². The first-order chi connectivity index (χ1) is 12.7. The normalized spacial score (nSPS) is 16.7. The number of ether oxygens (including phenoxy) is 2. The number of benzene rings is 1. The third-order valence-electron chi connectivity index (χ3n) is 5.21. The van der Waals surface area contributed by atoms with Crippen LogP contribution in [-0.2, 0) is 16.1 Å². The first kappa shape index (κ1) is 20.2. The highest BCUT2D eigenvalue weighted by molar-refractivity contribution is 5.69. The van der Waals surface area contributed by atoms with Gasteiger partial charge in [-0.3, -0.25) is 4.90 Å². The quantitative estimate of drug-likeness (QED) is 0.432. The Balaban J connectivity index is 2.02. The van der Waals surface area contributed by atoms with Crippen LogP contribution in [0.15, 0.2) is 55.6 Å². The van der Waals surface area contributed by atoms with Crippen molar-refractivity contribution in [3.63, 3.8) is 0 Å². The molecule has 0 aromatic heterocycles. The van der Waals surface area contributed by atoms with E-state index in [0.29, 0.717) is 19.6 Å². The summed E-state index contributed by atoms with van der Waals surface area (Å²) < 4.78 is 10.9. The summed E-state index contributed by atoms with van der Waals surface area (Å²) in [6.45, 7) is 9.00. The summed E-state index contributed by atoms with van der Waals surface area (Å²) >= 11 is 0. The van der Waals surface area contributed by atoms with Crippen LogP contribution in [0.25, 0.3) is 0 Å². The van der Waals surface area contributed by atoms with Gasteiger partial charge in [0.2, 0.25) is 0 Å². The minimum Gasteiger partial charge on any atom is -0.453 e. The minimum absolute atomic E-state index is 0.115. The van der Waals surface area contributed by atoms with E-state index >= 15 is 0 Å². The Labute approximate surface area is 157 Å². The molecule has 1 atom stereocenters. The van der Waals surface area contributed by atoms with E-state index in [1.54, 1.807) is 0 Å². The second-order valence-electron chi connectivity index (χ2n) is 6.89. The van der Waals surface area contributed by atoms with Crippen LogP contribution in [0, 0.1) is 0 Å². The molecule has 1 aliphatic rings. The van der Waals surface area contributed by atoms with Gasteiger partial charge in [-0.25, -0.2) is 4.79 Å². The van der Waals surface area contributed by atoms with Crippen LogP contribution in [0.1, 0.15) is 44.1 Å². The molecule has 2 rings (SSSR count). The molecule has 1 aromatic rings. The van der Waals surface area contributed by atoms with Crippen molar-refractivity contribution in [3.05, 3.63) is 61.2 Å². The summed E-state index contributed by atoms with van der Waals surface area (Å²) in [6.07, 6.45) is 9.13. The highest BCUT2D eigenvalue weighted by atomic mass is 16.5. The molecule has 0 aliphatic heterocycles. The zero-order valence-corrected chi connectivity index (χ0v) is 15.9. The third kappa shape index (κ3) is 4.98. The summed E-state index contributed by atoms with van der Waals surface area (Å²) in [5.74, 6) is 0. The molecular weight excluding hydrogens is 326 g/mol. The summed E-state index contributed by atoms with van der Waals surface area (Å²) in [5.41, 5.74) is 0.930. The number of methoxy groups -OCH3 is 1. The molecule has 1 amide bonds. The molecule has 0 spiro atoms. The van der Waals surface area contributed by atoms with E-state index in [0.717, 1.165) is 37.7 Å². The van der Waals surface area contributed by atoms with Gasteiger partial charge in [-0.15, -0.1) is 13.2 Å². The Morgan fingerprint density at radius 2 is 1.96 bits per heavy atom. The van der Waals surface area contributed by atoms with Crippen LogP contribution in [0.5, 0.6) is 0 Å². The summed E-state index contributed by atoms with van der Waals surface area (Å²) in [4.78, 5) is 14.5. The molecule has 26 heavy (non-hydrogen) atoms. The summed E-state index contributed by atoms with van der Waals surface area (Å²) in [5, 5.41) is 0. The maximum atomic E-state index is 12.6. The third-order valence-corrected chi connectivity index (χ3v) is 5.21. The highest BCUT2D eigenvalue weighted by Crippen LogP contribution is 2.40. The number of amides is 1. The second kappa shape index (κ2) is 10.2. The molecule has 4 heteroatoms. The van der Waals surface area contributed by atoms with Gasteiger partial charge >= 0.3 is 6.09 Å². The number of nitrogens with zero attached hydrogens (tertiary/aromatic N) is 1. The largest absolute Gasteiger partial charge is 0.453 e. The standard InChI is InChI=1S/C22H31NO3/c1-4-14-22(15-9-10-16-22)23(21(24)25-3)20(5-2)13-17-26-18-19-11-7-6-8-12-19/h4-8,11-12,20H,1-2,9-10,13-18H2,3H3/t20-/m1/s1. The summed E-state index contributed by atoms with van der Waals surface area (Å²) in [6, 6.07) is 9.97. The van der Waals surface area contributed by atoms with Crippen LogP contribution in [-0.4, -0.2) is 36.3 Å². The fourth-order valence-corrected chi connectivity index (χ4v) is 3.95. The topological polar surface area (TPSA) is 38.8 Å². The van der Waals surface area contributed by atoms with Crippen LogP contribution in [0.4, 0.5) is 4.79 Å². The minimum atomic E-state index is -0.290. The maximum Gasteiger partial charge on any atom is 0.410 e. The number of carbonyl (C=O) groups excluding carboxylic acids is 1. The number of rotatable bonds is 10. The van der Waals surface area contributed by atoms with E-state index in [2.05, 4.69) is 13.2 Å². The lowest BCUT2D eigenvalue weighted by atomic mass is 9.89. The van der Waals surface area contributed by atoms with E-state index in [9.17, 15) is 4.79 Å². The van der Waals surface area contributed by atoms with E-state index < -0.39 is 0 Å². The average Bonchev–Trinajstić information content (AvgIpc) is 3.14. The predicted octanol–water partition coefficient (Wildman–Crippen LogP) is 5.11. The van der Waals surface area contributed by atoms with Crippen molar-refractivity contribution in [1.29, 1.82) is 0 Å². The molecule has 1 aromatic carbocycles. The zero-order valence-electron chi connectivity index (χ0n) is 15.9. The Kier molecular flexibility index (Phi) is 7.92. The molecule has 0 radical (unpaired) electrons. The number of carbonyl (C=O) groups is 1. The molecule has 1 aliphatic carbocycles. The SMILES string of the molecule is C=CCC1(N(C(=O)OC)[C@H](C=C)CCOCc2ccccc2)CCCC1. The van der Waals surface area contributed by atoms with Gasteiger partial charge in [0.1, 0.15) is 0 Å². The zero-order chi connectivity index (χ0) is 18.8. The smallest absolute Gasteiger partial charge is 0.410 e. The molecule has 0 heterocycles. The molecule has 0 N–H and O–H groups in total. The fraction of sp³-hybridized carbons (Fsp3) is 0.500. The van der Waals surface area contributed by atoms with Crippen molar-refractivity contribution in [1.82, 2.24) is 4.90 Å². The van der Waals surface area contributed by atoms with Crippen LogP contribution in [0.2, 0.25) is 0 Å². The molecule has 0 unspecified atom stereocenters. The molecular formula is C22H31NO3. The van der Waals surface area contributed by atoms with Crippen molar-refractivity contribution < 1.29 is 14.3 Å². The van der Waals surface area contributed by atoms with Crippen molar-refractivity contribution in [2.75, 3.05) is 13.7 Å². The molecule has 142 valence electrons. The first-order valence-corrected chi connectivity index (χ1v) is 9.39. The van der Waals surface area contributed by atoms with Gasteiger partial charge in [-0.1, -0.05) is 55.3 Å². The van der Waals surface area contributed by atoms with Crippen LogP contribution in [0.3, 0.4) is 0 Å².